The van der Waals surface area contributed by atoms with Crippen LogP contribution in [0.15, 0.2) is 0 Å². The van der Waals surface area contributed by atoms with Gasteiger partial charge in [-0.2, -0.15) is 0 Å². The van der Waals surface area contributed by atoms with Crippen LogP contribution >= 0.6 is 0 Å². The Kier molecular flexibility index (Phi) is 4.16. The molecule has 1 rings (SSSR count). The monoisotopic (exact) mass is 261 g/mol. The maximum Gasteiger partial charge on any atom is 0.410 e. The highest BCUT2D eigenvalue weighted by atomic mass is 19.1. The Morgan fingerprint density at radius 2 is 1.83 bits per heavy atom. The maximum atomic E-state index is 14.1. The molecule has 6 nitrogen and oxygen atoms in total. The predicted octanol–water partition coefficient (Wildman–Crippen LogP) is 0.716. The molecule has 7 heteroatoms. The normalized spacial score (nSPS) is 19.3. The first-order valence-corrected chi connectivity index (χ1v) is 5.86. The van der Waals surface area contributed by atoms with Crippen LogP contribution in [0.3, 0.4) is 0 Å². The summed E-state index contributed by atoms with van der Waals surface area (Å²) < 4.78 is 19.2. The Hall–Kier alpha value is -1.37. The van der Waals surface area contributed by atoms with E-state index >= 15 is 0 Å². The quantitative estimate of drug-likeness (QED) is 0.414. The number of amides is 2. The van der Waals surface area contributed by atoms with Gasteiger partial charge in [0.05, 0.1) is 0 Å². The van der Waals surface area contributed by atoms with Crippen molar-refractivity contribution in [2.45, 2.75) is 44.9 Å². The lowest BCUT2D eigenvalue weighted by Crippen LogP contribution is -2.54. The lowest BCUT2D eigenvalue weighted by Gasteiger charge is -2.35. The van der Waals surface area contributed by atoms with Crippen molar-refractivity contribution < 1.29 is 18.7 Å². The number of hydrazine groups is 1. The van der Waals surface area contributed by atoms with Crippen molar-refractivity contribution >= 4 is 12.0 Å². The van der Waals surface area contributed by atoms with Gasteiger partial charge in [-0.15, -0.1) is 0 Å². The van der Waals surface area contributed by atoms with Gasteiger partial charge in [0.25, 0.3) is 5.91 Å². The Balaban J connectivity index is 2.54. The van der Waals surface area contributed by atoms with E-state index in [-0.39, 0.29) is 25.9 Å². The number of piperidine rings is 1. The molecule has 0 aromatic heterocycles. The van der Waals surface area contributed by atoms with Crippen LogP contribution in [0.2, 0.25) is 0 Å². The summed E-state index contributed by atoms with van der Waals surface area (Å²) >= 11 is 0. The lowest BCUT2D eigenvalue weighted by molar-refractivity contribution is -0.136. The molecule has 1 heterocycles. The van der Waals surface area contributed by atoms with Crippen molar-refractivity contribution in [1.29, 1.82) is 0 Å². The molecule has 0 atom stereocenters. The number of halogens is 1. The lowest BCUT2D eigenvalue weighted by atomic mass is 9.93. The molecule has 0 saturated carbocycles. The number of nitrogens with one attached hydrogen (secondary N) is 1. The number of carbonyl (C=O) groups is 2. The topological polar surface area (TPSA) is 84.7 Å². The maximum absolute atomic E-state index is 14.1. The zero-order chi connectivity index (χ0) is 14.0. The summed E-state index contributed by atoms with van der Waals surface area (Å²) in [6, 6.07) is 0. The molecule has 1 saturated heterocycles. The molecule has 104 valence electrons. The third-order valence-electron chi connectivity index (χ3n) is 2.75. The van der Waals surface area contributed by atoms with Gasteiger partial charge in [-0.05, 0) is 20.8 Å². The van der Waals surface area contributed by atoms with Crippen LogP contribution in [0.1, 0.15) is 33.6 Å². The van der Waals surface area contributed by atoms with E-state index < -0.39 is 23.3 Å². The zero-order valence-electron chi connectivity index (χ0n) is 11.0. The summed E-state index contributed by atoms with van der Waals surface area (Å²) in [5, 5.41) is 0. The fourth-order valence-electron chi connectivity index (χ4n) is 1.73. The van der Waals surface area contributed by atoms with Gasteiger partial charge in [-0.25, -0.2) is 15.0 Å². The second-order valence-corrected chi connectivity index (χ2v) is 5.41. The summed E-state index contributed by atoms with van der Waals surface area (Å²) in [6.45, 7) is 5.56. The Morgan fingerprint density at radius 3 is 2.22 bits per heavy atom. The molecule has 0 aromatic rings. The first-order chi connectivity index (χ1) is 8.18. The molecule has 0 aromatic carbocycles. The number of nitrogens with two attached hydrogens (primary N) is 1. The number of nitrogens with zero attached hydrogens (tertiary/aromatic N) is 1. The number of hydrogen-bond donors (Lipinski definition) is 2. The summed E-state index contributed by atoms with van der Waals surface area (Å²) in [5.41, 5.74) is -0.771. The van der Waals surface area contributed by atoms with Gasteiger partial charge in [0.1, 0.15) is 5.60 Å². The molecule has 1 aliphatic rings. The molecule has 0 unspecified atom stereocenters. The van der Waals surface area contributed by atoms with Gasteiger partial charge in [-0.3, -0.25) is 10.2 Å². The number of carbonyl (C=O) groups excluding carboxylic acids is 2. The van der Waals surface area contributed by atoms with Crippen LogP contribution in [0.5, 0.6) is 0 Å². The highest BCUT2D eigenvalue weighted by Gasteiger charge is 2.43. The van der Waals surface area contributed by atoms with Crippen LogP contribution < -0.4 is 11.3 Å². The molecule has 1 fully saturated rings. The predicted molar refractivity (Wildman–Crippen MR) is 63.2 cm³/mol. The number of hydrogen-bond acceptors (Lipinski definition) is 4. The SMILES string of the molecule is CC(C)(C)OC(=O)N1CCC(F)(C(=O)NN)CC1. The number of ether oxygens (including phenoxy) is 1. The molecular weight excluding hydrogens is 241 g/mol. The fourth-order valence-corrected chi connectivity index (χ4v) is 1.73. The minimum absolute atomic E-state index is 0.0741. The highest BCUT2D eigenvalue weighted by Crippen LogP contribution is 2.27. The smallest absolute Gasteiger partial charge is 0.410 e. The summed E-state index contributed by atoms with van der Waals surface area (Å²) in [5.74, 6) is 4.08. The summed E-state index contributed by atoms with van der Waals surface area (Å²) in [6.07, 6.45) is -0.636. The van der Waals surface area contributed by atoms with Crippen LogP contribution in [-0.2, 0) is 9.53 Å². The fraction of sp³-hybridized carbons (Fsp3) is 0.818. The van der Waals surface area contributed by atoms with E-state index in [1.807, 2.05) is 5.43 Å². The third kappa shape index (κ3) is 3.56. The van der Waals surface area contributed by atoms with E-state index in [9.17, 15) is 14.0 Å². The van der Waals surface area contributed by atoms with Crippen LogP contribution in [0.4, 0.5) is 9.18 Å². The third-order valence-corrected chi connectivity index (χ3v) is 2.75. The average molecular weight is 261 g/mol. The second-order valence-electron chi connectivity index (χ2n) is 5.41. The minimum atomic E-state index is -1.99. The van der Waals surface area contributed by atoms with E-state index in [2.05, 4.69) is 0 Å². The number of alkyl halides is 1. The van der Waals surface area contributed by atoms with Gasteiger partial charge in [-0.1, -0.05) is 0 Å². The van der Waals surface area contributed by atoms with Gasteiger partial charge >= 0.3 is 6.09 Å². The Morgan fingerprint density at radius 1 is 1.33 bits per heavy atom. The van der Waals surface area contributed by atoms with Crippen LogP contribution in [-0.4, -0.2) is 41.3 Å². The molecule has 0 spiro atoms. The van der Waals surface area contributed by atoms with Gasteiger partial charge in [0, 0.05) is 25.9 Å². The van der Waals surface area contributed by atoms with Crippen molar-refractivity contribution in [2.24, 2.45) is 5.84 Å². The second kappa shape index (κ2) is 5.09. The number of likely N-dealkylation sites (tertiary alicyclic amines) is 1. The largest absolute Gasteiger partial charge is 0.444 e. The zero-order valence-corrected chi connectivity index (χ0v) is 11.0. The standard InChI is InChI=1S/C11H20FN3O3/c1-10(2,3)18-9(17)15-6-4-11(12,5-7-15)8(16)14-13/h4-7,13H2,1-3H3,(H,14,16). The number of rotatable bonds is 1. The molecule has 1 aliphatic heterocycles. The van der Waals surface area contributed by atoms with E-state index in [1.165, 1.54) is 4.90 Å². The molecule has 3 N–H and O–H groups in total. The minimum Gasteiger partial charge on any atom is -0.444 e. The Bertz CT molecular complexity index is 333. The summed E-state index contributed by atoms with van der Waals surface area (Å²) in [4.78, 5) is 24.4. The van der Waals surface area contributed by atoms with Gasteiger partial charge in [0.15, 0.2) is 5.67 Å². The molecule has 0 aliphatic carbocycles. The highest BCUT2D eigenvalue weighted by molar-refractivity contribution is 5.84. The average Bonchev–Trinajstić information content (AvgIpc) is 2.26. The molecule has 2 amide bonds. The van der Waals surface area contributed by atoms with Gasteiger partial charge < -0.3 is 9.64 Å². The van der Waals surface area contributed by atoms with Crippen LogP contribution in [0, 0.1) is 0 Å². The van der Waals surface area contributed by atoms with Crippen molar-refractivity contribution in [3.63, 3.8) is 0 Å². The first-order valence-electron chi connectivity index (χ1n) is 5.86. The van der Waals surface area contributed by atoms with Gasteiger partial charge in [0.2, 0.25) is 0 Å². The van der Waals surface area contributed by atoms with Crippen LogP contribution in [0.25, 0.3) is 0 Å². The van der Waals surface area contributed by atoms with Crippen molar-refractivity contribution in [3.8, 4) is 0 Å². The molecular formula is C11H20FN3O3. The molecule has 0 bridgehead atoms. The van der Waals surface area contributed by atoms with E-state index in [4.69, 9.17) is 10.6 Å². The molecule has 18 heavy (non-hydrogen) atoms. The van der Waals surface area contributed by atoms with Crippen molar-refractivity contribution in [3.05, 3.63) is 0 Å². The Labute approximate surface area is 106 Å². The molecule has 0 radical (unpaired) electrons. The van der Waals surface area contributed by atoms with E-state index in [0.29, 0.717) is 0 Å². The van der Waals surface area contributed by atoms with Crippen molar-refractivity contribution in [2.75, 3.05) is 13.1 Å². The van der Waals surface area contributed by atoms with E-state index in [1.54, 1.807) is 20.8 Å². The first kappa shape index (κ1) is 14.7. The van der Waals surface area contributed by atoms with E-state index in [0.717, 1.165) is 0 Å². The summed E-state index contributed by atoms with van der Waals surface area (Å²) in [7, 11) is 0. The van der Waals surface area contributed by atoms with Crippen molar-refractivity contribution in [1.82, 2.24) is 10.3 Å².